The molecule has 3 aliphatic rings. The molecule has 8 heteroatoms. The molecule has 1 aromatic rings. The van der Waals surface area contributed by atoms with E-state index in [4.69, 9.17) is 5.73 Å². The monoisotopic (exact) mass is 385 g/mol. The first-order valence-corrected chi connectivity index (χ1v) is 8.89. The lowest BCUT2D eigenvalue weighted by Crippen LogP contribution is -2.58. The number of amides is 1. The zero-order valence-corrected chi connectivity index (χ0v) is 15.0. The molecule has 3 aliphatic carbocycles. The van der Waals surface area contributed by atoms with E-state index in [0.717, 1.165) is 0 Å². The number of ketones is 2. The second-order valence-corrected chi connectivity index (χ2v) is 7.64. The molecule has 4 atom stereocenters. The number of benzene rings is 1. The summed E-state index contributed by atoms with van der Waals surface area (Å²) in [6.45, 7) is 1.82. The van der Waals surface area contributed by atoms with Gasteiger partial charge >= 0.3 is 0 Å². The predicted molar refractivity (Wildman–Crippen MR) is 96.1 cm³/mol. The Labute approximate surface area is 159 Å². The van der Waals surface area contributed by atoms with E-state index in [0.29, 0.717) is 5.56 Å². The zero-order chi connectivity index (χ0) is 20.5. The van der Waals surface area contributed by atoms with E-state index in [1.807, 2.05) is 6.92 Å². The fraction of sp³-hybridized carbons (Fsp3) is 0.350. The van der Waals surface area contributed by atoms with Crippen LogP contribution in [0.5, 0.6) is 5.75 Å². The van der Waals surface area contributed by atoms with Crippen molar-refractivity contribution in [3.8, 4) is 5.75 Å². The van der Waals surface area contributed by atoms with Crippen molar-refractivity contribution in [2.24, 2.45) is 17.6 Å². The molecule has 0 radical (unpaired) electrons. The number of Topliss-reactive ketones (excluding diaryl/α,β-unsaturated/α-hetero) is 2. The molecule has 0 unspecified atom stereocenters. The molecule has 146 valence electrons. The SMILES string of the molecule is C[C@H]1c2cccc(O)c2C(O)=C2C(=O)[C@]3(O)C(O)=C(C(N)=O)C(=O)C[C@@H]3C[C@@H]21. The Kier molecular flexibility index (Phi) is 3.70. The number of aromatic hydroxyl groups is 1. The van der Waals surface area contributed by atoms with Gasteiger partial charge < -0.3 is 26.2 Å². The van der Waals surface area contributed by atoms with E-state index >= 15 is 0 Å². The third-order valence-electron chi connectivity index (χ3n) is 6.31. The van der Waals surface area contributed by atoms with Crippen molar-refractivity contribution in [2.75, 3.05) is 0 Å². The third-order valence-corrected chi connectivity index (χ3v) is 6.31. The molecule has 1 saturated carbocycles. The number of hydrogen-bond donors (Lipinski definition) is 5. The number of primary amides is 1. The summed E-state index contributed by atoms with van der Waals surface area (Å²) in [4.78, 5) is 37.1. The first-order chi connectivity index (χ1) is 13.1. The maximum absolute atomic E-state index is 13.3. The minimum absolute atomic E-state index is 0.0992. The predicted octanol–water partition coefficient (Wildman–Crippen LogP) is 0.985. The average Bonchev–Trinajstić information content (AvgIpc) is 2.62. The number of rotatable bonds is 1. The molecule has 1 amide bonds. The first kappa shape index (κ1) is 18.2. The van der Waals surface area contributed by atoms with Crippen LogP contribution < -0.4 is 5.73 Å². The van der Waals surface area contributed by atoms with Gasteiger partial charge in [-0.1, -0.05) is 19.1 Å². The normalized spacial score (nSPS) is 32.0. The lowest BCUT2D eigenvalue weighted by atomic mass is 9.57. The highest BCUT2D eigenvalue weighted by Gasteiger charge is 2.61. The maximum atomic E-state index is 13.3. The lowest BCUT2D eigenvalue weighted by molar-refractivity contribution is -0.148. The second kappa shape index (κ2) is 5.68. The topological polar surface area (TPSA) is 158 Å². The van der Waals surface area contributed by atoms with Gasteiger partial charge in [0.15, 0.2) is 11.4 Å². The van der Waals surface area contributed by atoms with Gasteiger partial charge in [0.1, 0.15) is 22.8 Å². The molecule has 28 heavy (non-hydrogen) atoms. The molecular weight excluding hydrogens is 366 g/mol. The Balaban J connectivity index is 1.97. The Morgan fingerprint density at radius 2 is 1.89 bits per heavy atom. The minimum atomic E-state index is -2.53. The van der Waals surface area contributed by atoms with Gasteiger partial charge in [-0.15, -0.1) is 0 Å². The van der Waals surface area contributed by atoms with Crippen LogP contribution in [0.2, 0.25) is 0 Å². The molecule has 1 aromatic carbocycles. The highest BCUT2D eigenvalue weighted by atomic mass is 16.3. The van der Waals surface area contributed by atoms with Gasteiger partial charge in [0.25, 0.3) is 5.91 Å². The molecular formula is C20H19NO7. The van der Waals surface area contributed by atoms with Crippen LogP contribution in [0.1, 0.15) is 36.8 Å². The van der Waals surface area contributed by atoms with Crippen LogP contribution in [0.15, 0.2) is 35.1 Å². The number of fused-ring (bicyclic) bond motifs is 3. The first-order valence-electron chi connectivity index (χ1n) is 8.89. The number of carbonyl (C=O) groups is 3. The Bertz CT molecular complexity index is 1020. The smallest absolute Gasteiger partial charge is 0.255 e. The van der Waals surface area contributed by atoms with Gasteiger partial charge in [0, 0.05) is 17.9 Å². The van der Waals surface area contributed by atoms with E-state index in [1.54, 1.807) is 12.1 Å². The summed E-state index contributed by atoms with van der Waals surface area (Å²) < 4.78 is 0. The number of phenolic OH excluding ortho intramolecular Hbond substituents is 1. The number of hydrogen-bond acceptors (Lipinski definition) is 7. The van der Waals surface area contributed by atoms with Crippen molar-refractivity contribution in [3.63, 3.8) is 0 Å². The second-order valence-electron chi connectivity index (χ2n) is 7.64. The quantitative estimate of drug-likeness (QED) is 0.451. The molecule has 0 saturated heterocycles. The van der Waals surface area contributed by atoms with Gasteiger partial charge in [0.2, 0.25) is 5.78 Å². The van der Waals surface area contributed by atoms with Crippen LogP contribution in [-0.2, 0) is 14.4 Å². The Hall–Kier alpha value is -3.13. The lowest BCUT2D eigenvalue weighted by Gasteiger charge is -2.47. The molecule has 1 fully saturated rings. The number of carbonyl (C=O) groups excluding carboxylic acids is 3. The number of phenols is 1. The van der Waals surface area contributed by atoms with Gasteiger partial charge in [-0.3, -0.25) is 14.4 Å². The summed E-state index contributed by atoms with van der Waals surface area (Å²) in [5.41, 5.74) is 2.43. The van der Waals surface area contributed by atoms with E-state index < -0.39 is 52.0 Å². The zero-order valence-electron chi connectivity index (χ0n) is 15.0. The molecule has 0 aromatic heterocycles. The maximum Gasteiger partial charge on any atom is 0.255 e. The van der Waals surface area contributed by atoms with Gasteiger partial charge in [-0.05, 0) is 29.9 Å². The molecule has 8 nitrogen and oxygen atoms in total. The van der Waals surface area contributed by atoms with E-state index in [1.165, 1.54) is 6.07 Å². The van der Waals surface area contributed by atoms with Crippen LogP contribution >= 0.6 is 0 Å². The summed E-state index contributed by atoms with van der Waals surface area (Å²) in [5, 5.41) is 42.5. The van der Waals surface area contributed by atoms with E-state index in [2.05, 4.69) is 0 Å². The van der Waals surface area contributed by atoms with Gasteiger partial charge in [0.05, 0.1) is 5.56 Å². The summed E-state index contributed by atoms with van der Waals surface area (Å²) in [6, 6.07) is 4.73. The highest BCUT2D eigenvalue weighted by molar-refractivity contribution is 6.22. The molecule has 0 spiro atoms. The van der Waals surface area contributed by atoms with Crippen molar-refractivity contribution in [2.45, 2.75) is 31.3 Å². The third kappa shape index (κ3) is 2.06. The van der Waals surface area contributed by atoms with Gasteiger partial charge in [-0.2, -0.15) is 0 Å². The minimum Gasteiger partial charge on any atom is -0.508 e. The average molecular weight is 385 g/mol. The molecule has 0 heterocycles. The standard InChI is InChI=1S/C20H19NO7/c1-7-9-3-2-4-11(22)13(9)16(24)14-10(7)5-8-6-12(23)15(19(21)27)18(26)20(8,28)17(14)25/h2-4,7-8,10,22,24,26,28H,5-6H2,1H3,(H2,21,27)/t7-,8-,10+,20-/m0/s1. The van der Waals surface area contributed by atoms with E-state index in [9.17, 15) is 34.8 Å². The number of aliphatic hydroxyl groups is 3. The summed E-state index contributed by atoms with van der Waals surface area (Å²) in [7, 11) is 0. The Morgan fingerprint density at radius 3 is 2.54 bits per heavy atom. The van der Waals surface area contributed by atoms with E-state index in [-0.39, 0.29) is 35.6 Å². The van der Waals surface area contributed by atoms with Crippen LogP contribution in [0.3, 0.4) is 0 Å². The Morgan fingerprint density at radius 1 is 1.21 bits per heavy atom. The van der Waals surface area contributed by atoms with Gasteiger partial charge in [-0.25, -0.2) is 0 Å². The number of aliphatic hydroxyl groups excluding tert-OH is 2. The molecule has 0 aliphatic heterocycles. The summed E-state index contributed by atoms with van der Waals surface area (Å²) in [5.74, 6) is -6.49. The van der Waals surface area contributed by atoms with Crippen LogP contribution in [0.4, 0.5) is 0 Å². The van der Waals surface area contributed by atoms with Crippen molar-refractivity contribution in [3.05, 3.63) is 46.2 Å². The molecule has 6 N–H and O–H groups in total. The van der Waals surface area contributed by atoms with Crippen LogP contribution in [-0.4, -0.2) is 43.5 Å². The summed E-state index contributed by atoms with van der Waals surface area (Å²) in [6.07, 6.45) is -0.200. The van der Waals surface area contributed by atoms with Crippen LogP contribution in [0, 0.1) is 11.8 Å². The largest absolute Gasteiger partial charge is 0.508 e. The van der Waals surface area contributed by atoms with Crippen molar-refractivity contribution < 1.29 is 34.8 Å². The van der Waals surface area contributed by atoms with Crippen molar-refractivity contribution in [1.82, 2.24) is 0 Å². The fourth-order valence-electron chi connectivity index (χ4n) is 4.87. The highest BCUT2D eigenvalue weighted by Crippen LogP contribution is 2.55. The van der Waals surface area contributed by atoms with Crippen molar-refractivity contribution >= 4 is 23.2 Å². The fourth-order valence-corrected chi connectivity index (χ4v) is 4.87. The van der Waals surface area contributed by atoms with Crippen LogP contribution in [0.25, 0.3) is 5.76 Å². The molecule has 0 bridgehead atoms. The number of nitrogens with two attached hydrogens (primary N) is 1. The summed E-state index contributed by atoms with van der Waals surface area (Å²) >= 11 is 0. The van der Waals surface area contributed by atoms with Crippen molar-refractivity contribution in [1.29, 1.82) is 0 Å². The molecule has 4 rings (SSSR count).